The van der Waals surface area contributed by atoms with Gasteiger partial charge in [0.2, 0.25) is 5.89 Å². The van der Waals surface area contributed by atoms with E-state index in [1.165, 1.54) is 17.8 Å². The first-order valence-corrected chi connectivity index (χ1v) is 7.61. The minimum absolute atomic E-state index is 0.0954. The van der Waals surface area contributed by atoms with Crippen LogP contribution in [0.25, 0.3) is 11.5 Å². The molecule has 0 aliphatic carbocycles. The maximum atomic E-state index is 11.9. The van der Waals surface area contributed by atoms with Crippen molar-refractivity contribution in [3.63, 3.8) is 0 Å². The Hall–Kier alpha value is -3.15. The molecule has 0 aliphatic rings. The lowest BCUT2D eigenvalue weighted by molar-refractivity contribution is 0.0952. The monoisotopic (exact) mass is 323 g/mol. The third-order valence-electron chi connectivity index (χ3n) is 3.58. The van der Waals surface area contributed by atoms with E-state index in [9.17, 15) is 9.59 Å². The van der Waals surface area contributed by atoms with E-state index < -0.39 is 11.5 Å². The highest BCUT2D eigenvalue weighted by atomic mass is 16.3. The molecule has 0 aliphatic heterocycles. The highest BCUT2D eigenvalue weighted by Gasteiger charge is 2.10. The molecule has 1 amide bonds. The Bertz CT molecular complexity index is 894. The lowest BCUT2D eigenvalue weighted by Crippen LogP contribution is -2.30. The fourth-order valence-electron chi connectivity index (χ4n) is 2.25. The molecule has 122 valence electrons. The van der Waals surface area contributed by atoms with Crippen LogP contribution < -0.4 is 10.9 Å². The number of nitrogens with one attached hydrogen (secondary N) is 2. The number of aromatic nitrogens is 2. The topological polar surface area (TPSA) is 88.0 Å². The number of aromatic amines is 1. The van der Waals surface area contributed by atoms with Gasteiger partial charge >= 0.3 is 0 Å². The SMILES string of the molecule is Cc1ccc(-c2nc(CCNC(=O)c3ccc[nH]c3=O)co2)cc1. The molecule has 3 aromatic rings. The Morgan fingerprint density at radius 3 is 2.79 bits per heavy atom. The molecular formula is C18H17N3O3. The van der Waals surface area contributed by atoms with Crippen molar-refractivity contribution in [2.24, 2.45) is 0 Å². The van der Waals surface area contributed by atoms with Crippen molar-refractivity contribution in [2.45, 2.75) is 13.3 Å². The molecule has 0 fully saturated rings. The van der Waals surface area contributed by atoms with E-state index in [1.807, 2.05) is 31.2 Å². The molecule has 3 rings (SSSR count). The molecule has 24 heavy (non-hydrogen) atoms. The summed E-state index contributed by atoms with van der Waals surface area (Å²) >= 11 is 0. The lowest BCUT2D eigenvalue weighted by Gasteiger charge is -2.02. The molecule has 0 spiro atoms. The summed E-state index contributed by atoms with van der Waals surface area (Å²) in [6, 6.07) is 11.0. The molecule has 0 bridgehead atoms. The number of benzene rings is 1. The Morgan fingerprint density at radius 2 is 2.04 bits per heavy atom. The third-order valence-corrected chi connectivity index (χ3v) is 3.58. The summed E-state index contributed by atoms with van der Waals surface area (Å²) in [6.45, 7) is 2.39. The molecule has 2 N–H and O–H groups in total. The van der Waals surface area contributed by atoms with Crippen LogP contribution in [0.5, 0.6) is 0 Å². The normalized spacial score (nSPS) is 10.5. The molecular weight excluding hydrogens is 306 g/mol. The zero-order valence-electron chi connectivity index (χ0n) is 13.2. The van der Waals surface area contributed by atoms with Gasteiger partial charge in [0.05, 0.1) is 5.69 Å². The first kappa shape index (κ1) is 15.7. The van der Waals surface area contributed by atoms with Gasteiger partial charge in [-0.2, -0.15) is 0 Å². The van der Waals surface area contributed by atoms with Crippen LogP contribution in [0.2, 0.25) is 0 Å². The van der Waals surface area contributed by atoms with Gasteiger partial charge in [0.1, 0.15) is 11.8 Å². The van der Waals surface area contributed by atoms with Gasteiger partial charge in [-0.25, -0.2) is 4.98 Å². The molecule has 0 unspecified atom stereocenters. The molecule has 2 heterocycles. The Kier molecular flexibility index (Phi) is 4.56. The second-order valence-corrected chi connectivity index (χ2v) is 5.43. The van der Waals surface area contributed by atoms with Crippen molar-refractivity contribution in [2.75, 3.05) is 6.54 Å². The summed E-state index contributed by atoms with van der Waals surface area (Å²) < 4.78 is 5.47. The summed E-state index contributed by atoms with van der Waals surface area (Å²) in [4.78, 5) is 30.4. The van der Waals surface area contributed by atoms with Gasteiger partial charge < -0.3 is 14.7 Å². The van der Waals surface area contributed by atoms with Gasteiger partial charge in [0, 0.05) is 24.7 Å². The summed E-state index contributed by atoms with van der Waals surface area (Å²) in [5.41, 5.74) is 2.51. The Labute approximate surface area is 138 Å². The number of nitrogens with zero attached hydrogens (tertiary/aromatic N) is 1. The van der Waals surface area contributed by atoms with E-state index >= 15 is 0 Å². The molecule has 2 aromatic heterocycles. The van der Waals surface area contributed by atoms with Crippen molar-refractivity contribution in [1.29, 1.82) is 0 Å². The van der Waals surface area contributed by atoms with Gasteiger partial charge in [-0.1, -0.05) is 17.7 Å². The zero-order chi connectivity index (χ0) is 16.9. The number of rotatable bonds is 5. The van der Waals surface area contributed by atoms with E-state index in [-0.39, 0.29) is 5.56 Å². The van der Waals surface area contributed by atoms with Crippen molar-refractivity contribution in [3.8, 4) is 11.5 Å². The van der Waals surface area contributed by atoms with Crippen LogP contribution in [0.3, 0.4) is 0 Å². The number of carbonyl (C=O) groups is 1. The Balaban J connectivity index is 1.58. The lowest BCUT2D eigenvalue weighted by atomic mass is 10.1. The van der Waals surface area contributed by atoms with Crippen molar-refractivity contribution in [3.05, 3.63) is 76.0 Å². The van der Waals surface area contributed by atoms with Gasteiger partial charge in [0.15, 0.2) is 0 Å². The van der Waals surface area contributed by atoms with Crippen LogP contribution in [0.15, 0.2) is 58.1 Å². The van der Waals surface area contributed by atoms with Gasteiger partial charge in [-0.15, -0.1) is 0 Å². The molecule has 6 nitrogen and oxygen atoms in total. The number of H-pyrrole nitrogens is 1. The number of carbonyl (C=O) groups excluding carboxylic acids is 1. The van der Waals surface area contributed by atoms with Crippen molar-refractivity contribution in [1.82, 2.24) is 15.3 Å². The maximum absolute atomic E-state index is 11.9. The number of oxazole rings is 1. The van der Waals surface area contributed by atoms with E-state index in [0.29, 0.717) is 18.9 Å². The van der Waals surface area contributed by atoms with E-state index in [4.69, 9.17) is 4.42 Å². The molecule has 0 radical (unpaired) electrons. The standard InChI is InChI=1S/C18H17N3O3/c1-12-4-6-13(7-5-12)18-21-14(11-24-18)8-10-20-17(23)15-3-2-9-19-16(15)22/h2-7,9,11H,8,10H2,1H3,(H,19,22)(H,20,23). The molecule has 1 aromatic carbocycles. The Morgan fingerprint density at radius 1 is 1.25 bits per heavy atom. The van der Waals surface area contributed by atoms with Crippen LogP contribution in [0.1, 0.15) is 21.6 Å². The smallest absolute Gasteiger partial charge is 0.260 e. The van der Waals surface area contributed by atoms with Gasteiger partial charge in [-0.3, -0.25) is 9.59 Å². The minimum Gasteiger partial charge on any atom is -0.444 e. The van der Waals surface area contributed by atoms with Crippen LogP contribution in [0, 0.1) is 6.92 Å². The third kappa shape index (κ3) is 3.60. The highest BCUT2D eigenvalue weighted by Crippen LogP contribution is 2.19. The predicted molar refractivity (Wildman–Crippen MR) is 89.8 cm³/mol. The maximum Gasteiger partial charge on any atom is 0.260 e. The molecule has 0 saturated carbocycles. The van der Waals surface area contributed by atoms with Crippen molar-refractivity contribution >= 4 is 5.91 Å². The number of hydrogen-bond acceptors (Lipinski definition) is 4. The van der Waals surface area contributed by atoms with Gasteiger partial charge in [0.25, 0.3) is 11.5 Å². The molecule has 0 atom stereocenters. The summed E-state index contributed by atoms with van der Waals surface area (Å²) in [7, 11) is 0. The second kappa shape index (κ2) is 6.95. The van der Waals surface area contributed by atoms with Crippen LogP contribution >= 0.6 is 0 Å². The summed E-state index contributed by atoms with van der Waals surface area (Å²) in [5.74, 6) is 0.148. The molecule has 6 heteroatoms. The highest BCUT2D eigenvalue weighted by molar-refractivity contribution is 5.93. The molecule has 0 saturated heterocycles. The minimum atomic E-state index is -0.405. The predicted octanol–water partition coefficient (Wildman–Crippen LogP) is 2.31. The van der Waals surface area contributed by atoms with Crippen LogP contribution in [-0.2, 0) is 6.42 Å². The first-order valence-electron chi connectivity index (χ1n) is 7.61. The summed E-state index contributed by atoms with van der Waals surface area (Å²) in [6.07, 6.45) is 3.59. The fraction of sp³-hybridized carbons (Fsp3) is 0.167. The van der Waals surface area contributed by atoms with Crippen molar-refractivity contribution < 1.29 is 9.21 Å². The number of pyridine rings is 1. The second-order valence-electron chi connectivity index (χ2n) is 5.43. The number of amides is 1. The number of hydrogen-bond donors (Lipinski definition) is 2. The zero-order valence-corrected chi connectivity index (χ0v) is 13.2. The summed E-state index contributed by atoms with van der Waals surface area (Å²) in [5, 5.41) is 2.70. The largest absolute Gasteiger partial charge is 0.444 e. The quantitative estimate of drug-likeness (QED) is 0.754. The van der Waals surface area contributed by atoms with E-state index in [1.54, 1.807) is 12.3 Å². The first-order chi connectivity index (χ1) is 11.6. The van der Waals surface area contributed by atoms with Gasteiger partial charge in [-0.05, 0) is 31.2 Å². The average molecular weight is 323 g/mol. The van der Waals surface area contributed by atoms with Crippen LogP contribution in [0.4, 0.5) is 0 Å². The van der Waals surface area contributed by atoms with Crippen LogP contribution in [-0.4, -0.2) is 22.4 Å². The van der Waals surface area contributed by atoms with E-state index in [2.05, 4.69) is 15.3 Å². The fourth-order valence-corrected chi connectivity index (χ4v) is 2.25. The van der Waals surface area contributed by atoms with E-state index in [0.717, 1.165) is 11.3 Å². The number of aryl methyl sites for hydroxylation is 1. The average Bonchev–Trinajstić information content (AvgIpc) is 3.04.